The number of benzene rings is 2. The minimum absolute atomic E-state index is 0. The third-order valence-electron chi connectivity index (χ3n) is 4.75. The molecule has 0 aliphatic rings. The summed E-state index contributed by atoms with van der Waals surface area (Å²) >= 11 is 0. The Morgan fingerprint density at radius 2 is 1.88 bits per heavy atom. The number of hydrogen-bond acceptors (Lipinski definition) is 7. The second kappa shape index (κ2) is 12.6. The Morgan fingerprint density at radius 1 is 1.09 bits per heavy atom. The molecular formula is C24H30ClN5O3. The summed E-state index contributed by atoms with van der Waals surface area (Å²) in [6.45, 7) is 2.46. The van der Waals surface area contributed by atoms with Crippen LogP contribution in [0.25, 0.3) is 11.3 Å². The molecule has 0 saturated carbocycles. The Labute approximate surface area is 200 Å². The van der Waals surface area contributed by atoms with Crippen molar-refractivity contribution in [3.8, 4) is 22.8 Å². The van der Waals surface area contributed by atoms with Crippen LogP contribution >= 0.6 is 12.4 Å². The molecule has 1 heterocycles. The van der Waals surface area contributed by atoms with Crippen molar-refractivity contribution >= 4 is 29.9 Å². The van der Waals surface area contributed by atoms with Gasteiger partial charge in [-0.1, -0.05) is 18.2 Å². The maximum absolute atomic E-state index is 12.0. The number of hydrogen-bond donors (Lipinski definition) is 3. The van der Waals surface area contributed by atoms with Crippen molar-refractivity contribution in [3.63, 3.8) is 0 Å². The number of carbonyl (C=O) groups excluding carboxylic acids is 1. The molecule has 4 N–H and O–H groups in total. The molecule has 33 heavy (non-hydrogen) atoms. The molecule has 3 aromatic rings. The normalized spacial score (nSPS) is 11.2. The third kappa shape index (κ3) is 7.62. The van der Waals surface area contributed by atoms with Gasteiger partial charge < -0.3 is 25.8 Å². The van der Waals surface area contributed by atoms with Crippen LogP contribution in [0.4, 0.5) is 11.6 Å². The first-order valence-electron chi connectivity index (χ1n) is 10.4. The highest BCUT2D eigenvalue weighted by Crippen LogP contribution is 2.27. The van der Waals surface area contributed by atoms with Crippen LogP contribution in [0.3, 0.4) is 0 Å². The standard InChI is InChI=1S/C24H29N5O3.ClH/c1-16(25)13-23(30)28-19-6-4-5-18(15-19)20-10-12-27-24(29-20)26-11-9-17-7-8-21(31-2)22(14-17)32-3;/h4-8,10,12,14-16H,9,11,13,25H2,1-3H3,(H,28,30)(H,26,27,29);1H. The summed E-state index contributed by atoms with van der Waals surface area (Å²) in [4.78, 5) is 20.9. The van der Waals surface area contributed by atoms with E-state index in [-0.39, 0.29) is 30.8 Å². The third-order valence-corrected chi connectivity index (χ3v) is 4.75. The van der Waals surface area contributed by atoms with Crippen LogP contribution in [0.2, 0.25) is 0 Å². The molecule has 176 valence electrons. The summed E-state index contributed by atoms with van der Waals surface area (Å²) in [7, 11) is 3.24. The number of carbonyl (C=O) groups is 1. The van der Waals surface area contributed by atoms with Gasteiger partial charge in [0, 0.05) is 36.5 Å². The smallest absolute Gasteiger partial charge is 0.225 e. The van der Waals surface area contributed by atoms with E-state index in [1.165, 1.54) is 0 Å². The van der Waals surface area contributed by atoms with E-state index < -0.39 is 0 Å². The molecule has 1 atom stereocenters. The van der Waals surface area contributed by atoms with Gasteiger partial charge >= 0.3 is 0 Å². The fourth-order valence-corrected chi connectivity index (χ4v) is 3.22. The number of aromatic nitrogens is 2. The summed E-state index contributed by atoms with van der Waals surface area (Å²) in [5.41, 5.74) is 9.15. The highest BCUT2D eigenvalue weighted by atomic mass is 35.5. The number of nitrogens with one attached hydrogen (secondary N) is 2. The Kier molecular flexibility index (Phi) is 9.90. The highest BCUT2D eigenvalue weighted by Gasteiger charge is 2.08. The lowest BCUT2D eigenvalue weighted by Crippen LogP contribution is -2.23. The molecule has 1 unspecified atom stereocenters. The van der Waals surface area contributed by atoms with Gasteiger partial charge in [0.05, 0.1) is 19.9 Å². The number of nitrogens with zero attached hydrogens (tertiary/aromatic N) is 2. The molecular weight excluding hydrogens is 442 g/mol. The first-order chi connectivity index (χ1) is 15.5. The molecule has 0 fully saturated rings. The Balaban J connectivity index is 0.00000385. The zero-order chi connectivity index (χ0) is 22.9. The molecule has 2 aromatic carbocycles. The molecule has 0 radical (unpaired) electrons. The monoisotopic (exact) mass is 471 g/mol. The van der Waals surface area contributed by atoms with E-state index >= 15 is 0 Å². The molecule has 8 nitrogen and oxygen atoms in total. The van der Waals surface area contributed by atoms with E-state index in [1.54, 1.807) is 27.3 Å². The number of amides is 1. The number of rotatable bonds is 10. The van der Waals surface area contributed by atoms with Crippen LogP contribution in [0.15, 0.2) is 54.7 Å². The number of halogens is 1. The van der Waals surface area contributed by atoms with Crippen LogP contribution in [0.5, 0.6) is 11.5 Å². The van der Waals surface area contributed by atoms with Crippen molar-refractivity contribution in [2.45, 2.75) is 25.8 Å². The van der Waals surface area contributed by atoms with Crippen LogP contribution in [-0.2, 0) is 11.2 Å². The van der Waals surface area contributed by atoms with Crippen molar-refractivity contribution < 1.29 is 14.3 Å². The summed E-state index contributed by atoms with van der Waals surface area (Å²) < 4.78 is 10.6. The summed E-state index contributed by atoms with van der Waals surface area (Å²) in [6, 6.07) is 15.1. The van der Waals surface area contributed by atoms with Gasteiger partial charge in [0.25, 0.3) is 0 Å². The Bertz CT molecular complexity index is 1060. The molecule has 9 heteroatoms. The SMILES string of the molecule is COc1ccc(CCNc2nccc(-c3cccc(NC(=O)CC(C)N)c3)n2)cc1OC.Cl. The predicted octanol–water partition coefficient (Wildman–Crippen LogP) is 3.91. The van der Waals surface area contributed by atoms with Crippen LogP contribution in [-0.4, -0.2) is 42.7 Å². The Morgan fingerprint density at radius 3 is 2.61 bits per heavy atom. The first-order valence-corrected chi connectivity index (χ1v) is 10.4. The van der Waals surface area contributed by atoms with E-state index in [1.807, 2.05) is 48.5 Å². The largest absolute Gasteiger partial charge is 0.493 e. The first kappa shape index (κ1) is 25.9. The molecule has 1 aromatic heterocycles. The van der Waals surface area contributed by atoms with Crippen molar-refractivity contribution in [2.75, 3.05) is 31.4 Å². The van der Waals surface area contributed by atoms with Gasteiger partial charge in [-0.25, -0.2) is 9.97 Å². The summed E-state index contributed by atoms with van der Waals surface area (Å²) in [6.07, 6.45) is 2.75. The fraction of sp³-hybridized carbons (Fsp3) is 0.292. The van der Waals surface area contributed by atoms with E-state index in [4.69, 9.17) is 15.2 Å². The van der Waals surface area contributed by atoms with Crippen LogP contribution in [0.1, 0.15) is 18.9 Å². The van der Waals surface area contributed by atoms with E-state index in [9.17, 15) is 4.79 Å². The average molecular weight is 472 g/mol. The van der Waals surface area contributed by atoms with Crippen molar-refractivity contribution in [2.24, 2.45) is 5.73 Å². The second-order valence-corrected chi connectivity index (χ2v) is 7.44. The van der Waals surface area contributed by atoms with E-state index in [0.717, 1.165) is 23.2 Å². The van der Waals surface area contributed by atoms with E-state index in [0.29, 0.717) is 29.7 Å². The average Bonchev–Trinajstić information content (AvgIpc) is 2.78. The molecule has 0 saturated heterocycles. The number of methoxy groups -OCH3 is 2. The topological polar surface area (TPSA) is 111 Å². The lowest BCUT2D eigenvalue weighted by atomic mass is 10.1. The quantitative estimate of drug-likeness (QED) is 0.411. The minimum Gasteiger partial charge on any atom is -0.493 e. The molecule has 3 rings (SSSR count). The van der Waals surface area contributed by atoms with Gasteiger partial charge in [0.2, 0.25) is 11.9 Å². The van der Waals surface area contributed by atoms with Gasteiger partial charge in [0.1, 0.15) is 0 Å². The van der Waals surface area contributed by atoms with Gasteiger partial charge in [-0.3, -0.25) is 4.79 Å². The van der Waals surface area contributed by atoms with Gasteiger partial charge in [-0.15, -0.1) is 12.4 Å². The van der Waals surface area contributed by atoms with Crippen molar-refractivity contribution in [3.05, 3.63) is 60.3 Å². The maximum Gasteiger partial charge on any atom is 0.225 e. The molecule has 0 bridgehead atoms. The Hall–Kier alpha value is -3.36. The molecule has 1 amide bonds. The number of ether oxygens (including phenoxy) is 2. The summed E-state index contributed by atoms with van der Waals surface area (Å²) in [5.74, 6) is 1.83. The van der Waals surface area contributed by atoms with E-state index in [2.05, 4.69) is 20.6 Å². The van der Waals surface area contributed by atoms with Crippen LogP contribution in [0, 0.1) is 0 Å². The van der Waals surface area contributed by atoms with Crippen molar-refractivity contribution in [1.29, 1.82) is 0 Å². The zero-order valence-corrected chi connectivity index (χ0v) is 19.8. The second-order valence-electron chi connectivity index (χ2n) is 7.44. The lowest BCUT2D eigenvalue weighted by molar-refractivity contribution is -0.116. The predicted molar refractivity (Wildman–Crippen MR) is 133 cm³/mol. The van der Waals surface area contributed by atoms with Crippen molar-refractivity contribution in [1.82, 2.24) is 9.97 Å². The highest BCUT2D eigenvalue weighted by molar-refractivity contribution is 5.91. The van der Waals surface area contributed by atoms with Crippen LogP contribution < -0.4 is 25.8 Å². The van der Waals surface area contributed by atoms with Gasteiger partial charge in [-0.05, 0) is 49.2 Å². The minimum atomic E-state index is -0.187. The number of nitrogens with two attached hydrogens (primary N) is 1. The number of anilines is 2. The maximum atomic E-state index is 12.0. The molecule has 0 aliphatic carbocycles. The lowest BCUT2D eigenvalue weighted by Gasteiger charge is -2.11. The van der Waals surface area contributed by atoms with Gasteiger partial charge in [0.15, 0.2) is 11.5 Å². The fourth-order valence-electron chi connectivity index (χ4n) is 3.22. The molecule has 0 aliphatic heterocycles. The molecule has 0 spiro atoms. The van der Waals surface area contributed by atoms with Gasteiger partial charge in [-0.2, -0.15) is 0 Å². The summed E-state index contributed by atoms with van der Waals surface area (Å²) in [5, 5.41) is 6.13. The zero-order valence-electron chi connectivity index (χ0n) is 19.0.